The summed E-state index contributed by atoms with van der Waals surface area (Å²) in [6, 6.07) is 5.98. The number of rotatable bonds is 9. The maximum absolute atomic E-state index is 9.83. The lowest BCUT2D eigenvalue weighted by atomic mass is 10.1. The molecule has 1 rings (SSSR count). The van der Waals surface area contributed by atoms with E-state index in [1.54, 1.807) is 0 Å². The highest BCUT2D eigenvalue weighted by Crippen LogP contribution is 2.18. The number of aliphatic hydroxyl groups excluding tert-OH is 2. The van der Waals surface area contributed by atoms with Crippen LogP contribution in [0.4, 0.5) is 0 Å². The van der Waals surface area contributed by atoms with Crippen molar-refractivity contribution in [2.24, 2.45) is 0 Å². The van der Waals surface area contributed by atoms with Gasteiger partial charge >= 0.3 is 0 Å². The number of hydrogen-bond donors (Lipinski definition) is 3. The third kappa shape index (κ3) is 6.37. The largest absolute Gasteiger partial charge is 0.491 e. The van der Waals surface area contributed by atoms with E-state index in [0.717, 1.165) is 24.2 Å². The van der Waals surface area contributed by atoms with Gasteiger partial charge in [0.25, 0.3) is 0 Å². The molecule has 0 heterocycles. The molecule has 0 saturated carbocycles. The molecule has 0 radical (unpaired) electrons. The van der Waals surface area contributed by atoms with Gasteiger partial charge in [0.05, 0.1) is 6.10 Å². The Hall–Kier alpha value is -1.10. The molecule has 0 aliphatic rings. The van der Waals surface area contributed by atoms with Crippen LogP contribution in [-0.2, 0) is 0 Å². The van der Waals surface area contributed by atoms with Gasteiger partial charge in [0.15, 0.2) is 0 Å². The van der Waals surface area contributed by atoms with Gasteiger partial charge in [-0.3, -0.25) is 0 Å². The van der Waals surface area contributed by atoms with Crippen LogP contribution in [-0.4, -0.2) is 42.1 Å². The molecule has 0 spiro atoms. The Labute approximate surface area is 121 Å². The van der Waals surface area contributed by atoms with Crippen LogP contribution in [0.1, 0.15) is 30.9 Å². The highest BCUT2D eigenvalue weighted by molar-refractivity contribution is 5.35. The number of hydrogen-bond acceptors (Lipinski definition) is 4. The summed E-state index contributed by atoms with van der Waals surface area (Å²) in [6.07, 6.45) is 0.820. The molecule has 0 aliphatic heterocycles. The zero-order valence-electron chi connectivity index (χ0n) is 12.7. The Morgan fingerprint density at radius 1 is 1.15 bits per heavy atom. The van der Waals surface area contributed by atoms with Crippen molar-refractivity contribution in [2.45, 2.75) is 45.8 Å². The van der Waals surface area contributed by atoms with Crippen LogP contribution in [0, 0.1) is 13.8 Å². The summed E-state index contributed by atoms with van der Waals surface area (Å²) < 4.78 is 5.61. The summed E-state index contributed by atoms with van der Waals surface area (Å²) in [6.45, 7) is 7.25. The summed E-state index contributed by atoms with van der Waals surface area (Å²) in [5.41, 5.74) is 2.27. The Bertz CT molecular complexity index is 395. The molecule has 1 aromatic rings. The topological polar surface area (TPSA) is 61.7 Å². The van der Waals surface area contributed by atoms with Crippen molar-refractivity contribution in [3.05, 3.63) is 29.3 Å². The minimum Gasteiger partial charge on any atom is -0.491 e. The first-order valence-corrected chi connectivity index (χ1v) is 7.29. The van der Waals surface area contributed by atoms with Crippen molar-refractivity contribution < 1.29 is 14.9 Å². The SMILES string of the molecule is CCCC(O)CNCC(O)COc1ccc(C)cc1C. The van der Waals surface area contributed by atoms with Gasteiger partial charge < -0.3 is 20.3 Å². The molecule has 0 saturated heterocycles. The third-order valence-electron chi connectivity index (χ3n) is 3.14. The van der Waals surface area contributed by atoms with Gasteiger partial charge in [-0.2, -0.15) is 0 Å². The fourth-order valence-corrected chi connectivity index (χ4v) is 2.06. The lowest BCUT2D eigenvalue weighted by Gasteiger charge is -2.16. The molecule has 3 N–H and O–H groups in total. The molecule has 4 heteroatoms. The second-order valence-corrected chi connectivity index (χ2v) is 5.33. The fraction of sp³-hybridized carbons (Fsp3) is 0.625. The molecule has 20 heavy (non-hydrogen) atoms. The number of benzene rings is 1. The first-order chi connectivity index (χ1) is 9.52. The van der Waals surface area contributed by atoms with E-state index in [4.69, 9.17) is 4.74 Å². The Morgan fingerprint density at radius 2 is 1.85 bits per heavy atom. The Kier molecular flexibility index (Phi) is 7.59. The number of ether oxygens (including phenoxy) is 1. The predicted molar refractivity (Wildman–Crippen MR) is 81.2 cm³/mol. The van der Waals surface area contributed by atoms with Crippen LogP contribution < -0.4 is 10.1 Å². The van der Waals surface area contributed by atoms with Gasteiger partial charge in [0, 0.05) is 13.1 Å². The van der Waals surface area contributed by atoms with Gasteiger partial charge in [0.1, 0.15) is 18.5 Å². The van der Waals surface area contributed by atoms with Gasteiger partial charge in [0.2, 0.25) is 0 Å². The summed E-state index contributed by atoms with van der Waals surface area (Å²) in [4.78, 5) is 0. The Balaban J connectivity index is 2.24. The average Bonchev–Trinajstić information content (AvgIpc) is 2.38. The summed E-state index contributed by atoms with van der Waals surface area (Å²) in [7, 11) is 0. The summed E-state index contributed by atoms with van der Waals surface area (Å²) in [5.74, 6) is 0.806. The van der Waals surface area contributed by atoms with E-state index in [9.17, 15) is 10.2 Å². The van der Waals surface area contributed by atoms with Crippen LogP contribution in [0.3, 0.4) is 0 Å². The first-order valence-electron chi connectivity index (χ1n) is 7.29. The number of aryl methyl sites for hydroxylation is 2. The van der Waals surface area contributed by atoms with E-state index >= 15 is 0 Å². The standard InChI is InChI=1S/C16H27NO3/c1-4-5-14(18)9-17-10-15(19)11-20-16-7-6-12(2)8-13(16)3/h6-8,14-15,17-19H,4-5,9-11H2,1-3H3. The molecule has 0 amide bonds. The van der Waals surface area contributed by atoms with E-state index in [0.29, 0.717) is 13.1 Å². The average molecular weight is 281 g/mol. The molecule has 4 nitrogen and oxygen atoms in total. The summed E-state index contributed by atoms with van der Waals surface area (Å²) in [5, 5.41) is 22.4. The van der Waals surface area contributed by atoms with Gasteiger partial charge in [-0.05, 0) is 31.9 Å². The minimum atomic E-state index is -0.579. The van der Waals surface area contributed by atoms with Crippen molar-refractivity contribution >= 4 is 0 Å². The second-order valence-electron chi connectivity index (χ2n) is 5.33. The van der Waals surface area contributed by atoms with Crippen LogP contribution >= 0.6 is 0 Å². The van der Waals surface area contributed by atoms with Crippen molar-refractivity contribution in [1.82, 2.24) is 5.32 Å². The first kappa shape index (κ1) is 17.0. The smallest absolute Gasteiger partial charge is 0.122 e. The maximum atomic E-state index is 9.83. The van der Waals surface area contributed by atoms with E-state index < -0.39 is 6.10 Å². The van der Waals surface area contributed by atoms with Gasteiger partial charge in [-0.15, -0.1) is 0 Å². The quantitative estimate of drug-likeness (QED) is 0.646. The zero-order chi connectivity index (χ0) is 15.0. The molecular formula is C16H27NO3. The van der Waals surface area contributed by atoms with E-state index in [-0.39, 0.29) is 12.7 Å². The second kappa shape index (κ2) is 8.95. The maximum Gasteiger partial charge on any atom is 0.122 e. The van der Waals surface area contributed by atoms with Crippen LogP contribution in [0.15, 0.2) is 18.2 Å². The van der Waals surface area contributed by atoms with Gasteiger partial charge in [-0.1, -0.05) is 31.0 Å². The molecule has 114 valence electrons. The van der Waals surface area contributed by atoms with E-state index in [1.807, 2.05) is 32.9 Å². The predicted octanol–water partition coefficient (Wildman–Crippen LogP) is 1.79. The van der Waals surface area contributed by atoms with E-state index in [1.165, 1.54) is 5.56 Å². The van der Waals surface area contributed by atoms with Crippen LogP contribution in [0.5, 0.6) is 5.75 Å². The molecular weight excluding hydrogens is 254 g/mol. The van der Waals surface area contributed by atoms with Crippen molar-refractivity contribution in [2.75, 3.05) is 19.7 Å². The minimum absolute atomic E-state index is 0.251. The van der Waals surface area contributed by atoms with Crippen molar-refractivity contribution in [3.63, 3.8) is 0 Å². The van der Waals surface area contributed by atoms with Crippen molar-refractivity contribution in [3.8, 4) is 5.75 Å². The zero-order valence-corrected chi connectivity index (χ0v) is 12.7. The third-order valence-corrected chi connectivity index (χ3v) is 3.14. The van der Waals surface area contributed by atoms with Gasteiger partial charge in [-0.25, -0.2) is 0 Å². The Morgan fingerprint density at radius 3 is 2.50 bits per heavy atom. The normalized spacial score (nSPS) is 14.1. The molecule has 0 bridgehead atoms. The lowest BCUT2D eigenvalue weighted by molar-refractivity contribution is 0.0982. The molecule has 0 aromatic heterocycles. The van der Waals surface area contributed by atoms with Crippen LogP contribution in [0.2, 0.25) is 0 Å². The van der Waals surface area contributed by atoms with Crippen molar-refractivity contribution in [1.29, 1.82) is 0 Å². The lowest BCUT2D eigenvalue weighted by Crippen LogP contribution is -2.35. The highest BCUT2D eigenvalue weighted by Gasteiger charge is 2.08. The number of nitrogens with one attached hydrogen (secondary N) is 1. The van der Waals surface area contributed by atoms with E-state index in [2.05, 4.69) is 11.4 Å². The highest BCUT2D eigenvalue weighted by atomic mass is 16.5. The fourth-order valence-electron chi connectivity index (χ4n) is 2.06. The summed E-state index contributed by atoms with van der Waals surface area (Å²) >= 11 is 0. The molecule has 0 fully saturated rings. The molecule has 2 atom stereocenters. The molecule has 1 aromatic carbocycles. The monoisotopic (exact) mass is 281 g/mol. The molecule has 2 unspecified atom stereocenters. The molecule has 0 aliphatic carbocycles. The van der Waals surface area contributed by atoms with Crippen LogP contribution in [0.25, 0.3) is 0 Å². The number of aliphatic hydroxyl groups is 2.